The average Bonchev–Trinajstić information content (AvgIpc) is 2.49. The smallest absolute Gasteiger partial charge is 0.314 e. The number of benzene rings is 2. The predicted molar refractivity (Wildman–Crippen MR) is 91.0 cm³/mol. The maximum absolute atomic E-state index is 11.9. The van der Waals surface area contributed by atoms with Crippen LogP contribution in [0.3, 0.4) is 0 Å². The first-order chi connectivity index (χ1) is 11.2. The average molecular weight is 347 g/mol. The SMILES string of the molecule is Cc1ccc(NC(=O)C(=O)Nc2ccc(S(N)(=O)=O)cc2)c(C)c1. The molecule has 0 saturated heterocycles. The van der Waals surface area contributed by atoms with Crippen molar-refractivity contribution >= 4 is 33.2 Å². The number of nitrogens with one attached hydrogen (secondary N) is 2. The van der Waals surface area contributed by atoms with E-state index in [1.54, 1.807) is 6.07 Å². The van der Waals surface area contributed by atoms with Gasteiger partial charge in [-0.25, -0.2) is 13.6 Å². The lowest BCUT2D eigenvalue weighted by molar-refractivity contribution is -0.133. The summed E-state index contributed by atoms with van der Waals surface area (Å²) in [6.07, 6.45) is 0. The van der Waals surface area contributed by atoms with Gasteiger partial charge in [0.1, 0.15) is 0 Å². The molecule has 24 heavy (non-hydrogen) atoms. The minimum Gasteiger partial charge on any atom is -0.318 e. The van der Waals surface area contributed by atoms with E-state index in [-0.39, 0.29) is 10.6 Å². The minimum atomic E-state index is -3.81. The number of sulfonamides is 1. The highest BCUT2D eigenvalue weighted by Crippen LogP contribution is 2.16. The Labute approximate surface area is 139 Å². The molecule has 0 aromatic heterocycles. The number of primary sulfonamides is 1. The van der Waals surface area contributed by atoms with E-state index in [1.807, 2.05) is 26.0 Å². The Hall–Kier alpha value is -2.71. The van der Waals surface area contributed by atoms with Crippen LogP contribution in [0.25, 0.3) is 0 Å². The summed E-state index contributed by atoms with van der Waals surface area (Å²) in [5, 5.41) is 9.90. The molecule has 0 aliphatic heterocycles. The van der Waals surface area contributed by atoms with Gasteiger partial charge >= 0.3 is 11.8 Å². The second kappa shape index (κ2) is 6.81. The Morgan fingerprint density at radius 3 is 2.04 bits per heavy atom. The molecule has 0 spiro atoms. The van der Waals surface area contributed by atoms with Crippen LogP contribution in [0, 0.1) is 13.8 Å². The third kappa shape index (κ3) is 4.40. The lowest BCUT2D eigenvalue weighted by atomic mass is 10.1. The molecule has 126 valence electrons. The van der Waals surface area contributed by atoms with Gasteiger partial charge in [-0.05, 0) is 49.7 Å². The summed E-state index contributed by atoms with van der Waals surface area (Å²) in [5.41, 5.74) is 2.71. The van der Waals surface area contributed by atoms with Crippen molar-refractivity contribution in [1.29, 1.82) is 0 Å². The second-order valence-electron chi connectivity index (χ2n) is 5.30. The van der Waals surface area contributed by atoms with Gasteiger partial charge in [0, 0.05) is 11.4 Å². The molecule has 2 rings (SSSR count). The highest BCUT2D eigenvalue weighted by molar-refractivity contribution is 7.89. The van der Waals surface area contributed by atoms with E-state index >= 15 is 0 Å². The van der Waals surface area contributed by atoms with Crippen molar-refractivity contribution in [2.45, 2.75) is 18.7 Å². The van der Waals surface area contributed by atoms with Gasteiger partial charge in [0.15, 0.2) is 0 Å². The number of amides is 2. The summed E-state index contributed by atoms with van der Waals surface area (Å²) in [5.74, 6) is -1.68. The molecule has 0 saturated carbocycles. The molecular formula is C16H17N3O4S. The molecule has 0 bridgehead atoms. The first-order valence-corrected chi connectivity index (χ1v) is 8.54. The highest BCUT2D eigenvalue weighted by Gasteiger charge is 2.15. The van der Waals surface area contributed by atoms with Crippen molar-refractivity contribution in [2.75, 3.05) is 10.6 Å². The van der Waals surface area contributed by atoms with Crippen LogP contribution in [0.4, 0.5) is 11.4 Å². The van der Waals surface area contributed by atoms with E-state index in [9.17, 15) is 18.0 Å². The van der Waals surface area contributed by atoms with Crippen LogP contribution >= 0.6 is 0 Å². The summed E-state index contributed by atoms with van der Waals surface area (Å²) < 4.78 is 22.3. The van der Waals surface area contributed by atoms with Crippen molar-refractivity contribution in [1.82, 2.24) is 0 Å². The summed E-state index contributed by atoms with van der Waals surface area (Å²) >= 11 is 0. The van der Waals surface area contributed by atoms with E-state index in [1.165, 1.54) is 24.3 Å². The molecule has 8 heteroatoms. The fourth-order valence-electron chi connectivity index (χ4n) is 2.05. The predicted octanol–water partition coefficient (Wildman–Crippen LogP) is 1.53. The summed E-state index contributed by atoms with van der Waals surface area (Å²) in [7, 11) is -3.81. The van der Waals surface area contributed by atoms with E-state index in [4.69, 9.17) is 5.14 Å². The molecule has 0 fully saturated rings. The van der Waals surface area contributed by atoms with E-state index < -0.39 is 21.8 Å². The zero-order chi connectivity index (χ0) is 17.9. The molecule has 4 N–H and O–H groups in total. The van der Waals surface area contributed by atoms with E-state index in [2.05, 4.69) is 10.6 Å². The summed E-state index contributed by atoms with van der Waals surface area (Å²) in [6, 6.07) is 10.6. The normalized spacial score (nSPS) is 11.0. The lowest BCUT2D eigenvalue weighted by Gasteiger charge is -2.09. The van der Waals surface area contributed by atoms with Crippen LogP contribution < -0.4 is 15.8 Å². The van der Waals surface area contributed by atoms with Gasteiger partial charge in [0.05, 0.1) is 4.90 Å². The third-order valence-corrected chi connectivity index (χ3v) is 4.21. The molecule has 0 heterocycles. The summed E-state index contributed by atoms with van der Waals surface area (Å²) in [6.45, 7) is 3.75. The van der Waals surface area contributed by atoms with Gasteiger partial charge in [-0.1, -0.05) is 17.7 Å². The van der Waals surface area contributed by atoms with Crippen LogP contribution in [-0.4, -0.2) is 20.2 Å². The second-order valence-corrected chi connectivity index (χ2v) is 6.86. The van der Waals surface area contributed by atoms with Gasteiger partial charge in [-0.15, -0.1) is 0 Å². The Bertz CT molecular complexity index is 890. The van der Waals surface area contributed by atoms with Crippen molar-refractivity contribution in [3.05, 3.63) is 53.6 Å². The van der Waals surface area contributed by atoms with Crippen LogP contribution in [0.15, 0.2) is 47.4 Å². The molecule has 2 amide bonds. The van der Waals surface area contributed by atoms with E-state index in [0.717, 1.165) is 11.1 Å². The fourth-order valence-corrected chi connectivity index (χ4v) is 2.56. The first-order valence-electron chi connectivity index (χ1n) is 6.99. The number of hydrogen-bond acceptors (Lipinski definition) is 4. The van der Waals surface area contributed by atoms with E-state index in [0.29, 0.717) is 5.69 Å². The van der Waals surface area contributed by atoms with Gasteiger partial charge in [-0.2, -0.15) is 0 Å². The Morgan fingerprint density at radius 2 is 1.50 bits per heavy atom. The highest BCUT2D eigenvalue weighted by atomic mass is 32.2. The molecule has 0 aliphatic carbocycles. The maximum Gasteiger partial charge on any atom is 0.314 e. The Morgan fingerprint density at radius 1 is 0.917 bits per heavy atom. The number of anilines is 2. The monoisotopic (exact) mass is 347 g/mol. The van der Waals surface area contributed by atoms with Crippen LogP contribution in [0.5, 0.6) is 0 Å². The molecule has 2 aromatic rings. The van der Waals surface area contributed by atoms with Crippen molar-refractivity contribution in [3.8, 4) is 0 Å². The van der Waals surface area contributed by atoms with Crippen LogP contribution in [0.1, 0.15) is 11.1 Å². The number of aryl methyl sites for hydroxylation is 2. The molecular weight excluding hydrogens is 330 g/mol. The summed E-state index contributed by atoms with van der Waals surface area (Å²) in [4.78, 5) is 23.8. The zero-order valence-corrected chi connectivity index (χ0v) is 14.0. The number of nitrogens with two attached hydrogens (primary N) is 1. The van der Waals surface area contributed by atoms with Crippen molar-refractivity contribution in [2.24, 2.45) is 5.14 Å². The molecule has 2 aromatic carbocycles. The molecule has 0 aliphatic rings. The molecule has 0 radical (unpaired) electrons. The van der Waals surface area contributed by atoms with Crippen molar-refractivity contribution < 1.29 is 18.0 Å². The standard InChI is InChI=1S/C16H17N3O4S/c1-10-3-8-14(11(2)9-10)19-16(21)15(20)18-12-4-6-13(7-5-12)24(17,22)23/h3-9H,1-2H3,(H,18,20)(H,19,21)(H2,17,22,23). The third-order valence-electron chi connectivity index (χ3n) is 3.28. The Balaban J connectivity index is 2.05. The van der Waals surface area contributed by atoms with Crippen LogP contribution in [0.2, 0.25) is 0 Å². The lowest BCUT2D eigenvalue weighted by Crippen LogP contribution is -2.29. The Kier molecular flexibility index (Phi) is 5.01. The van der Waals surface area contributed by atoms with Gasteiger partial charge in [0.25, 0.3) is 0 Å². The topological polar surface area (TPSA) is 118 Å². The minimum absolute atomic E-state index is 0.0831. The fraction of sp³-hybridized carbons (Fsp3) is 0.125. The molecule has 7 nitrogen and oxygen atoms in total. The van der Waals surface area contributed by atoms with Gasteiger partial charge < -0.3 is 10.6 Å². The first kappa shape index (κ1) is 17.6. The molecule has 0 atom stereocenters. The van der Waals surface area contributed by atoms with Gasteiger partial charge in [-0.3, -0.25) is 9.59 Å². The number of hydrogen-bond donors (Lipinski definition) is 3. The zero-order valence-electron chi connectivity index (χ0n) is 13.2. The number of rotatable bonds is 3. The maximum atomic E-state index is 11.9. The van der Waals surface area contributed by atoms with Crippen LogP contribution in [-0.2, 0) is 19.6 Å². The van der Waals surface area contributed by atoms with Gasteiger partial charge in [0.2, 0.25) is 10.0 Å². The number of carbonyl (C=O) groups excluding carboxylic acids is 2. The van der Waals surface area contributed by atoms with Crippen molar-refractivity contribution in [3.63, 3.8) is 0 Å². The quantitative estimate of drug-likeness (QED) is 0.730. The number of carbonyl (C=O) groups is 2. The largest absolute Gasteiger partial charge is 0.318 e. The molecule has 0 unspecified atom stereocenters.